The Morgan fingerprint density at radius 2 is 1.67 bits per heavy atom. The van der Waals surface area contributed by atoms with Gasteiger partial charge in [-0.05, 0) is 6.07 Å². The lowest BCUT2D eigenvalue weighted by molar-refractivity contribution is 1.12. The van der Waals surface area contributed by atoms with Crippen LogP contribution in [0.15, 0.2) is 35.3 Å². The summed E-state index contributed by atoms with van der Waals surface area (Å²) >= 11 is 0. The summed E-state index contributed by atoms with van der Waals surface area (Å²) in [5.74, 6) is 0. The first-order valence-corrected chi connectivity index (χ1v) is 3.97. The topological polar surface area (TPSA) is 45.8 Å². The normalized spacial score (nSPS) is 7.73. The zero-order valence-electron chi connectivity index (χ0n) is 8.05. The predicted octanol–water partition coefficient (Wildman–Crippen LogP) is 1.42. The third-order valence-corrected chi connectivity index (χ3v) is 1.52. The Kier molecular flexibility index (Phi) is 5.77. The number of hydrogen-bond donors (Lipinski definition) is 1. The van der Waals surface area contributed by atoms with Gasteiger partial charge in [0.15, 0.2) is 0 Å². The molecule has 3 nitrogen and oxygen atoms in total. The maximum absolute atomic E-state index is 10.7. The van der Waals surface area contributed by atoms with Gasteiger partial charge >= 0.3 is 5.69 Å². The molecule has 0 radical (unpaired) electrons. The van der Waals surface area contributed by atoms with Gasteiger partial charge in [-0.1, -0.05) is 18.2 Å². The summed E-state index contributed by atoms with van der Waals surface area (Å²) in [6.45, 7) is 0. The highest BCUT2D eigenvalue weighted by atomic mass is 16.1. The summed E-state index contributed by atoms with van der Waals surface area (Å²) in [7, 11) is 0. The van der Waals surface area contributed by atoms with Gasteiger partial charge in [0.2, 0.25) is 0 Å². The molecule has 74 valence electrons. The molecule has 0 saturated heterocycles. The number of aromatic nitrogens is 2. The summed E-state index contributed by atoms with van der Waals surface area (Å²) in [5.41, 5.74) is 0.524. The van der Waals surface area contributed by atoms with Crippen LogP contribution in [0.1, 0.15) is 0 Å². The number of terminal acetylenes is 2. The lowest BCUT2D eigenvalue weighted by Crippen LogP contribution is -2.07. The van der Waals surface area contributed by atoms with Crippen molar-refractivity contribution in [2.24, 2.45) is 0 Å². The summed E-state index contributed by atoms with van der Waals surface area (Å²) in [5, 5.41) is 0.951. The zero-order valence-corrected chi connectivity index (χ0v) is 8.05. The SMILES string of the molecule is C#C.C#C.O=c1ncc2ccccc2[nH]1. The molecule has 0 aliphatic carbocycles. The van der Waals surface area contributed by atoms with Crippen LogP contribution in [0, 0.1) is 25.7 Å². The number of para-hydroxylation sites is 1. The largest absolute Gasteiger partial charge is 0.345 e. The van der Waals surface area contributed by atoms with Crippen molar-refractivity contribution in [3.63, 3.8) is 0 Å². The second-order valence-corrected chi connectivity index (χ2v) is 2.28. The van der Waals surface area contributed by atoms with Gasteiger partial charge in [0, 0.05) is 11.6 Å². The van der Waals surface area contributed by atoms with Crippen LogP contribution in [0.2, 0.25) is 0 Å². The second kappa shape index (κ2) is 6.94. The van der Waals surface area contributed by atoms with E-state index in [1.165, 1.54) is 0 Å². The summed E-state index contributed by atoms with van der Waals surface area (Å²) in [6, 6.07) is 7.53. The fraction of sp³-hybridized carbons (Fsp3) is 0. The molecule has 0 bridgehead atoms. The van der Waals surface area contributed by atoms with Gasteiger partial charge in [-0.25, -0.2) is 9.78 Å². The number of benzene rings is 1. The first-order valence-electron chi connectivity index (χ1n) is 3.97. The van der Waals surface area contributed by atoms with E-state index in [4.69, 9.17) is 0 Å². The van der Waals surface area contributed by atoms with Crippen molar-refractivity contribution in [2.75, 3.05) is 0 Å². The molecular formula is C12H10N2O. The van der Waals surface area contributed by atoms with Crippen LogP contribution in [0.5, 0.6) is 0 Å². The standard InChI is InChI=1S/C8H6N2O.2C2H2/c11-8-9-5-6-3-1-2-4-7(6)10-8;2*1-2/h1-5H,(H,9,10,11);2*1-2H. The minimum Gasteiger partial charge on any atom is -0.305 e. The van der Waals surface area contributed by atoms with Crippen molar-refractivity contribution in [3.8, 4) is 25.7 Å². The molecule has 2 rings (SSSR count). The van der Waals surface area contributed by atoms with E-state index < -0.39 is 0 Å². The Morgan fingerprint density at radius 3 is 2.33 bits per heavy atom. The van der Waals surface area contributed by atoms with E-state index in [9.17, 15) is 4.79 Å². The number of rotatable bonds is 0. The molecule has 0 amide bonds. The predicted molar refractivity (Wildman–Crippen MR) is 62.1 cm³/mol. The minimum atomic E-state index is -0.302. The van der Waals surface area contributed by atoms with E-state index in [2.05, 4.69) is 35.7 Å². The molecular weight excluding hydrogens is 188 g/mol. The van der Waals surface area contributed by atoms with Crippen molar-refractivity contribution in [1.29, 1.82) is 0 Å². The highest BCUT2D eigenvalue weighted by molar-refractivity contribution is 5.76. The Labute approximate surface area is 88.2 Å². The van der Waals surface area contributed by atoms with Gasteiger partial charge in [-0.3, -0.25) is 0 Å². The highest BCUT2D eigenvalue weighted by Crippen LogP contribution is 2.05. The Bertz CT molecular complexity index is 503. The number of aromatic amines is 1. The number of H-pyrrole nitrogens is 1. The van der Waals surface area contributed by atoms with Gasteiger partial charge in [0.1, 0.15) is 0 Å². The van der Waals surface area contributed by atoms with Gasteiger partial charge < -0.3 is 4.98 Å². The molecule has 0 fully saturated rings. The minimum absolute atomic E-state index is 0.302. The molecule has 0 spiro atoms. The zero-order chi connectivity index (χ0) is 11.7. The molecule has 0 atom stereocenters. The van der Waals surface area contributed by atoms with Crippen LogP contribution in [0.3, 0.4) is 0 Å². The van der Waals surface area contributed by atoms with Crippen LogP contribution < -0.4 is 5.69 Å². The maximum Gasteiger partial charge on any atom is 0.345 e. The third kappa shape index (κ3) is 3.38. The van der Waals surface area contributed by atoms with Gasteiger partial charge in [0.25, 0.3) is 0 Å². The average molecular weight is 198 g/mol. The van der Waals surface area contributed by atoms with Crippen LogP contribution >= 0.6 is 0 Å². The van der Waals surface area contributed by atoms with Crippen LogP contribution in [0.25, 0.3) is 10.9 Å². The van der Waals surface area contributed by atoms with Gasteiger partial charge in [-0.15, -0.1) is 25.7 Å². The van der Waals surface area contributed by atoms with E-state index >= 15 is 0 Å². The third-order valence-electron chi connectivity index (χ3n) is 1.52. The van der Waals surface area contributed by atoms with Crippen LogP contribution in [0.4, 0.5) is 0 Å². The first kappa shape index (κ1) is 12.5. The number of nitrogens with zero attached hydrogens (tertiary/aromatic N) is 1. The lowest BCUT2D eigenvalue weighted by Gasteiger charge is -1.92. The quantitative estimate of drug-likeness (QED) is 0.651. The number of fused-ring (bicyclic) bond motifs is 1. The van der Waals surface area contributed by atoms with Gasteiger partial charge in [-0.2, -0.15) is 0 Å². The van der Waals surface area contributed by atoms with E-state index in [-0.39, 0.29) is 5.69 Å². The average Bonchev–Trinajstić information content (AvgIpc) is 2.34. The Morgan fingerprint density at radius 1 is 1.07 bits per heavy atom. The number of nitrogens with one attached hydrogen (secondary N) is 1. The Balaban J connectivity index is 0.000000442. The molecule has 1 heterocycles. The van der Waals surface area contributed by atoms with E-state index in [0.717, 1.165) is 10.9 Å². The summed E-state index contributed by atoms with van der Waals surface area (Å²) in [6.07, 6.45) is 17.6. The molecule has 0 unspecified atom stereocenters. The smallest absolute Gasteiger partial charge is 0.305 e. The van der Waals surface area contributed by atoms with E-state index in [0.29, 0.717) is 0 Å². The van der Waals surface area contributed by atoms with Crippen molar-refractivity contribution >= 4 is 10.9 Å². The van der Waals surface area contributed by atoms with Gasteiger partial charge in [0.05, 0.1) is 5.52 Å². The van der Waals surface area contributed by atoms with Crippen molar-refractivity contribution in [3.05, 3.63) is 40.9 Å². The summed E-state index contributed by atoms with van der Waals surface area (Å²) < 4.78 is 0. The fourth-order valence-corrected chi connectivity index (χ4v) is 0.999. The Hall–Kier alpha value is -2.52. The molecule has 0 saturated carbocycles. The molecule has 0 aliphatic heterocycles. The molecule has 1 aromatic heterocycles. The molecule has 1 N–H and O–H groups in total. The molecule has 0 aliphatic rings. The number of hydrogen-bond acceptors (Lipinski definition) is 2. The monoisotopic (exact) mass is 198 g/mol. The van der Waals surface area contributed by atoms with Crippen molar-refractivity contribution in [1.82, 2.24) is 9.97 Å². The van der Waals surface area contributed by atoms with Crippen molar-refractivity contribution < 1.29 is 0 Å². The first-order chi connectivity index (χ1) is 7.36. The molecule has 2 aromatic rings. The van der Waals surface area contributed by atoms with Crippen molar-refractivity contribution in [2.45, 2.75) is 0 Å². The summed E-state index contributed by atoms with van der Waals surface area (Å²) in [4.78, 5) is 16.9. The van der Waals surface area contributed by atoms with E-state index in [1.54, 1.807) is 6.20 Å². The molecule has 15 heavy (non-hydrogen) atoms. The molecule has 3 heteroatoms. The highest BCUT2D eigenvalue weighted by Gasteiger charge is 1.90. The lowest BCUT2D eigenvalue weighted by atomic mass is 10.2. The molecule has 1 aromatic carbocycles. The van der Waals surface area contributed by atoms with Crippen LogP contribution in [-0.2, 0) is 0 Å². The van der Waals surface area contributed by atoms with Crippen LogP contribution in [-0.4, -0.2) is 9.97 Å². The van der Waals surface area contributed by atoms with E-state index in [1.807, 2.05) is 24.3 Å². The maximum atomic E-state index is 10.7. The second-order valence-electron chi connectivity index (χ2n) is 2.28. The fourth-order valence-electron chi connectivity index (χ4n) is 0.999.